The fourth-order valence-electron chi connectivity index (χ4n) is 1.46. The van der Waals surface area contributed by atoms with E-state index in [1.54, 1.807) is 24.5 Å². The third kappa shape index (κ3) is 4.49. The van der Waals surface area contributed by atoms with Gasteiger partial charge in [0.15, 0.2) is 0 Å². The van der Waals surface area contributed by atoms with Gasteiger partial charge in [-0.2, -0.15) is 10.2 Å². The van der Waals surface area contributed by atoms with Crippen molar-refractivity contribution in [3.05, 3.63) is 56.6 Å². The molecule has 0 unspecified atom stereocenters. The smallest absolute Gasteiger partial charge is 0.273 e. The van der Waals surface area contributed by atoms with Crippen molar-refractivity contribution in [2.24, 2.45) is 5.10 Å². The molecule has 0 aliphatic rings. The number of rotatable bonds is 5. The molecule has 2 heterocycles. The van der Waals surface area contributed by atoms with Crippen molar-refractivity contribution in [2.45, 2.75) is 12.8 Å². The van der Waals surface area contributed by atoms with Gasteiger partial charge in [0, 0.05) is 25.2 Å². The highest BCUT2D eigenvalue weighted by Gasteiger charge is 2.06. The molecule has 2 rings (SSSR count). The van der Waals surface area contributed by atoms with Gasteiger partial charge in [0.1, 0.15) is 5.69 Å². The Morgan fingerprint density at radius 3 is 2.81 bits per heavy atom. The first-order valence-electron chi connectivity index (χ1n) is 6.05. The number of nitrogens with one attached hydrogen (secondary N) is 3. The number of hydrogen-bond acceptors (Lipinski definition) is 6. The van der Waals surface area contributed by atoms with Crippen LogP contribution in [0, 0.1) is 0 Å². The fourth-order valence-corrected chi connectivity index (χ4v) is 1.46. The van der Waals surface area contributed by atoms with E-state index in [1.165, 1.54) is 6.21 Å². The molecule has 21 heavy (non-hydrogen) atoms. The number of hydrazone groups is 1. The molecular weight excluding hydrogens is 276 g/mol. The Morgan fingerprint density at radius 2 is 2.10 bits per heavy atom. The second-order valence-corrected chi connectivity index (χ2v) is 4.03. The maximum atomic E-state index is 11.5. The minimum atomic E-state index is -0.685. The number of carbonyl (C=O) groups is 1. The lowest BCUT2D eigenvalue weighted by Gasteiger charge is -1.99. The van der Waals surface area contributed by atoms with E-state index in [2.05, 4.69) is 25.7 Å². The zero-order chi connectivity index (χ0) is 15.1. The number of aromatic amines is 2. The van der Waals surface area contributed by atoms with Crippen LogP contribution in [-0.2, 0) is 11.2 Å². The number of hydrogen-bond donors (Lipinski definition) is 3. The summed E-state index contributed by atoms with van der Waals surface area (Å²) in [6.07, 6.45) is 4.82. The van der Waals surface area contributed by atoms with E-state index < -0.39 is 11.2 Å². The quantitative estimate of drug-likeness (QED) is 0.476. The number of nitrogens with zero attached hydrogens (tertiary/aromatic N) is 3. The van der Waals surface area contributed by atoms with Crippen LogP contribution < -0.4 is 16.7 Å². The Bertz CT molecular complexity index is 749. The molecule has 2 aromatic rings. The van der Waals surface area contributed by atoms with Gasteiger partial charge < -0.3 is 0 Å². The molecule has 0 saturated heterocycles. The Morgan fingerprint density at radius 1 is 1.33 bits per heavy atom. The van der Waals surface area contributed by atoms with Crippen LogP contribution in [0.1, 0.15) is 17.7 Å². The second-order valence-electron chi connectivity index (χ2n) is 4.03. The zero-order valence-electron chi connectivity index (χ0n) is 10.9. The number of pyridine rings is 1. The Hall–Kier alpha value is -3.10. The molecule has 3 N–H and O–H groups in total. The summed E-state index contributed by atoms with van der Waals surface area (Å²) < 4.78 is 0. The van der Waals surface area contributed by atoms with Crippen LogP contribution in [0.5, 0.6) is 0 Å². The molecule has 0 fully saturated rings. The van der Waals surface area contributed by atoms with Gasteiger partial charge in [0.25, 0.3) is 5.56 Å². The van der Waals surface area contributed by atoms with E-state index in [9.17, 15) is 14.4 Å². The van der Waals surface area contributed by atoms with E-state index in [0.29, 0.717) is 0 Å². The standard InChI is InChI=1S/C12H12N6O3/c19-10(17-14-7-8-3-5-13-6-4-8)2-1-9-11(20)15-12(21)18-16-9/h3-7H,1-2H2,(H,17,19)(H2,15,18,20,21). The van der Waals surface area contributed by atoms with Gasteiger partial charge in [-0.05, 0) is 17.7 Å². The molecule has 0 aliphatic carbocycles. The maximum Gasteiger partial charge on any atom is 0.342 e. The summed E-state index contributed by atoms with van der Waals surface area (Å²) in [6.45, 7) is 0. The summed E-state index contributed by atoms with van der Waals surface area (Å²) in [6, 6.07) is 3.47. The Balaban J connectivity index is 1.84. The van der Waals surface area contributed by atoms with Crippen molar-refractivity contribution < 1.29 is 4.79 Å². The summed E-state index contributed by atoms with van der Waals surface area (Å²) in [5.74, 6) is -0.368. The average molecular weight is 288 g/mol. The molecule has 108 valence electrons. The second kappa shape index (κ2) is 6.89. The highest BCUT2D eigenvalue weighted by molar-refractivity contribution is 5.82. The SMILES string of the molecule is O=C(CCc1n[nH]c(=O)[nH]c1=O)NN=Cc1ccncc1. The summed E-state index contributed by atoms with van der Waals surface area (Å²) in [7, 11) is 0. The van der Waals surface area contributed by atoms with Crippen LogP contribution in [0.2, 0.25) is 0 Å². The fraction of sp³-hybridized carbons (Fsp3) is 0.167. The first-order chi connectivity index (χ1) is 10.1. The van der Waals surface area contributed by atoms with Gasteiger partial charge in [-0.25, -0.2) is 15.3 Å². The predicted molar refractivity (Wildman–Crippen MR) is 73.8 cm³/mol. The molecule has 0 spiro atoms. The minimum Gasteiger partial charge on any atom is -0.273 e. The third-order valence-corrected chi connectivity index (χ3v) is 2.48. The summed E-state index contributed by atoms with van der Waals surface area (Å²) >= 11 is 0. The molecule has 2 aromatic heterocycles. The van der Waals surface area contributed by atoms with Crippen molar-refractivity contribution in [3.8, 4) is 0 Å². The lowest BCUT2D eigenvalue weighted by Crippen LogP contribution is -2.28. The highest BCUT2D eigenvalue weighted by Crippen LogP contribution is 1.92. The van der Waals surface area contributed by atoms with Crippen molar-refractivity contribution in [3.63, 3.8) is 0 Å². The monoisotopic (exact) mass is 288 g/mol. The first kappa shape index (κ1) is 14.3. The van der Waals surface area contributed by atoms with E-state index >= 15 is 0 Å². The minimum absolute atomic E-state index is 0.0236. The van der Waals surface area contributed by atoms with Crippen molar-refractivity contribution >= 4 is 12.1 Å². The normalized spacial score (nSPS) is 10.7. The van der Waals surface area contributed by atoms with Gasteiger partial charge in [0.2, 0.25) is 5.91 Å². The number of amides is 1. The third-order valence-electron chi connectivity index (χ3n) is 2.48. The topological polar surface area (TPSA) is 133 Å². The van der Waals surface area contributed by atoms with E-state index in [4.69, 9.17) is 0 Å². The largest absolute Gasteiger partial charge is 0.342 e. The van der Waals surface area contributed by atoms with Gasteiger partial charge in [-0.15, -0.1) is 0 Å². The summed E-state index contributed by atoms with van der Waals surface area (Å²) in [5.41, 5.74) is 1.92. The van der Waals surface area contributed by atoms with Gasteiger partial charge in [-0.1, -0.05) is 0 Å². The molecule has 0 atom stereocenters. The first-order valence-corrected chi connectivity index (χ1v) is 6.05. The lowest BCUT2D eigenvalue weighted by molar-refractivity contribution is -0.121. The predicted octanol–water partition coefficient (Wildman–Crippen LogP) is -1.06. The molecule has 0 bridgehead atoms. The van der Waals surface area contributed by atoms with E-state index in [1.807, 2.05) is 4.98 Å². The van der Waals surface area contributed by atoms with Gasteiger partial charge >= 0.3 is 5.69 Å². The van der Waals surface area contributed by atoms with Crippen LogP contribution in [0.15, 0.2) is 39.2 Å². The summed E-state index contributed by atoms with van der Waals surface area (Å²) in [5, 5.41) is 9.45. The van der Waals surface area contributed by atoms with Crippen molar-refractivity contribution in [1.29, 1.82) is 0 Å². The number of aryl methyl sites for hydroxylation is 1. The molecule has 1 amide bonds. The maximum absolute atomic E-state index is 11.5. The van der Waals surface area contributed by atoms with Crippen molar-refractivity contribution in [1.82, 2.24) is 25.6 Å². The molecule has 0 aromatic carbocycles. The lowest BCUT2D eigenvalue weighted by atomic mass is 10.2. The van der Waals surface area contributed by atoms with Crippen LogP contribution in [0.4, 0.5) is 0 Å². The molecule has 0 aliphatic heterocycles. The molecule has 9 nitrogen and oxygen atoms in total. The highest BCUT2D eigenvalue weighted by atomic mass is 16.2. The van der Waals surface area contributed by atoms with Gasteiger partial charge in [-0.3, -0.25) is 19.6 Å². The van der Waals surface area contributed by atoms with Crippen molar-refractivity contribution in [2.75, 3.05) is 0 Å². The molecule has 9 heteroatoms. The zero-order valence-corrected chi connectivity index (χ0v) is 10.9. The van der Waals surface area contributed by atoms with Crippen LogP contribution in [0.3, 0.4) is 0 Å². The van der Waals surface area contributed by atoms with Crippen LogP contribution >= 0.6 is 0 Å². The van der Waals surface area contributed by atoms with Gasteiger partial charge in [0.05, 0.1) is 6.21 Å². The molecular formula is C12H12N6O3. The molecule has 0 saturated carbocycles. The average Bonchev–Trinajstić information content (AvgIpc) is 2.47. The number of carbonyl (C=O) groups excluding carboxylic acids is 1. The Labute approximate surface area is 118 Å². The van der Waals surface area contributed by atoms with E-state index in [0.717, 1.165) is 5.56 Å². The summed E-state index contributed by atoms with van der Waals surface area (Å²) in [4.78, 5) is 39.5. The Kier molecular flexibility index (Phi) is 4.70. The van der Waals surface area contributed by atoms with E-state index in [-0.39, 0.29) is 24.4 Å². The van der Waals surface area contributed by atoms with Crippen LogP contribution in [0.25, 0.3) is 0 Å². The van der Waals surface area contributed by atoms with Crippen LogP contribution in [-0.4, -0.2) is 32.3 Å². The number of H-pyrrole nitrogens is 2. The number of aromatic nitrogens is 4. The molecule has 0 radical (unpaired) electrons.